The Morgan fingerprint density at radius 2 is 1.92 bits per heavy atom. The van der Waals surface area contributed by atoms with Crippen LogP contribution in [0.25, 0.3) is 0 Å². The minimum atomic E-state index is -0.159. The van der Waals surface area contributed by atoms with Gasteiger partial charge in [-0.2, -0.15) is 0 Å². The maximum absolute atomic E-state index is 12.6. The molecule has 1 atom stereocenters. The number of fused-ring (bicyclic) bond motifs is 1. The van der Waals surface area contributed by atoms with Gasteiger partial charge in [0.25, 0.3) is 0 Å². The topological polar surface area (TPSA) is 49.4 Å². The van der Waals surface area contributed by atoms with E-state index >= 15 is 0 Å². The first-order valence-corrected chi connectivity index (χ1v) is 8.37. The van der Waals surface area contributed by atoms with Gasteiger partial charge < -0.3 is 10.2 Å². The first-order chi connectivity index (χ1) is 11.6. The minimum Gasteiger partial charge on any atom is -0.326 e. The van der Waals surface area contributed by atoms with Crippen LogP contribution < -0.4 is 10.2 Å². The van der Waals surface area contributed by atoms with Crippen molar-refractivity contribution >= 4 is 23.2 Å². The molecule has 0 saturated carbocycles. The Bertz CT molecular complexity index is 755. The Kier molecular flexibility index (Phi) is 4.65. The van der Waals surface area contributed by atoms with Crippen LogP contribution in [0.4, 0.5) is 11.4 Å². The smallest absolute Gasteiger partial charge is 0.231 e. The molecule has 0 spiro atoms. The molecule has 1 unspecified atom stereocenters. The summed E-state index contributed by atoms with van der Waals surface area (Å²) in [6.07, 6.45) is 1.58. The molecule has 124 valence electrons. The van der Waals surface area contributed by atoms with Gasteiger partial charge >= 0.3 is 0 Å². The summed E-state index contributed by atoms with van der Waals surface area (Å²) in [6.45, 7) is 4.31. The molecule has 1 aliphatic heterocycles. The molecule has 2 aromatic rings. The van der Waals surface area contributed by atoms with Crippen molar-refractivity contribution in [1.82, 2.24) is 0 Å². The van der Waals surface area contributed by atoms with Gasteiger partial charge in [-0.1, -0.05) is 37.3 Å². The van der Waals surface area contributed by atoms with Gasteiger partial charge in [0.1, 0.15) is 0 Å². The van der Waals surface area contributed by atoms with Crippen molar-refractivity contribution in [2.24, 2.45) is 0 Å². The van der Waals surface area contributed by atoms with Gasteiger partial charge in [-0.25, -0.2) is 0 Å². The van der Waals surface area contributed by atoms with Crippen molar-refractivity contribution in [2.45, 2.75) is 32.6 Å². The van der Waals surface area contributed by atoms with Gasteiger partial charge in [-0.05, 0) is 42.2 Å². The second kappa shape index (κ2) is 6.87. The zero-order valence-electron chi connectivity index (χ0n) is 14.1. The maximum Gasteiger partial charge on any atom is 0.231 e. The second-order valence-corrected chi connectivity index (χ2v) is 6.12. The molecule has 2 amide bonds. The van der Waals surface area contributed by atoms with Crippen molar-refractivity contribution in [3.8, 4) is 0 Å². The fourth-order valence-corrected chi connectivity index (χ4v) is 3.29. The average Bonchev–Trinajstić information content (AvgIpc) is 3.00. The lowest BCUT2D eigenvalue weighted by molar-refractivity contribution is -0.118. The number of benzene rings is 2. The van der Waals surface area contributed by atoms with Gasteiger partial charge in [0.2, 0.25) is 11.8 Å². The van der Waals surface area contributed by atoms with Crippen LogP contribution in [0.1, 0.15) is 37.3 Å². The lowest BCUT2D eigenvalue weighted by Gasteiger charge is -2.17. The number of anilines is 2. The quantitative estimate of drug-likeness (QED) is 0.932. The molecule has 0 saturated heterocycles. The van der Waals surface area contributed by atoms with Crippen LogP contribution in [-0.4, -0.2) is 18.4 Å². The number of carbonyl (C=O) groups excluding carboxylic acids is 2. The Balaban J connectivity index is 1.77. The molecule has 4 heteroatoms. The largest absolute Gasteiger partial charge is 0.326 e. The van der Waals surface area contributed by atoms with Crippen molar-refractivity contribution in [2.75, 3.05) is 16.8 Å². The molecule has 1 aliphatic rings. The van der Waals surface area contributed by atoms with Gasteiger partial charge in [-0.15, -0.1) is 0 Å². The van der Waals surface area contributed by atoms with E-state index in [1.807, 2.05) is 55.5 Å². The Labute approximate surface area is 142 Å². The Morgan fingerprint density at radius 3 is 2.58 bits per heavy atom. The number of nitrogens with one attached hydrogen (secondary N) is 1. The molecule has 4 nitrogen and oxygen atoms in total. The number of carbonyl (C=O) groups is 2. The monoisotopic (exact) mass is 322 g/mol. The van der Waals surface area contributed by atoms with Crippen LogP contribution in [0, 0.1) is 0 Å². The highest BCUT2D eigenvalue weighted by Crippen LogP contribution is 2.31. The average molecular weight is 322 g/mol. The van der Waals surface area contributed by atoms with E-state index in [0.717, 1.165) is 35.3 Å². The summed E-state index contributed by atoms with van der Waals surface area (Å²) in [6, 6.07) is 15.6. The molecule has 2 aromatic carbocycles. The molecule has 0 bridgehead atoms. The highest BCUT2D eigenvalue weighted by Gasteiger charge is 2.23. The SMILES string of the molecule is CCC(C(=O)Nc1ccc2c(c1)CCN2C(C)=O)c1ccccc1. The highest BCUT2D eigenvalue weighted by atomic mass is 16.2. The molecular weight excluding hydrogens is 300 g/mol. The fraction of sp³-hybridized carbons (Fsp3) is 0.300. The summed E-state index contributed by atoms with van der Waals surface area (Å²) >= 11 is 0. The third-order valence-corrected chi connectivity index (χ3v) is 4.55. The Hall–Kier alpha value is -2.62. The molecule has 0 fully saturated rings. The summed E-state index contributed by atoms with van der Waals surface area (Å²) in [5.41, 5.74) is 3.88. The van der Waals surface area contributed by atoms with Crippen LogP contribution in [-0.2, 0) is 16.0 Å². The van der Waals surface area contributed by atoms with E-state index in [4.69, 9.17) is 0 Å². The molecule has 0 aliphatic carbocycles. The molecule has 24 heavy (non-hydrogen) atoms. The third kappa shape index (κ3) is 3.18. The first kappa shape index (κ1) is 16.2. The molecule has 1 N–H and O–H groups in total. The van der Waals surface area contributed by atoms with E-state index in [1.54, 1.807) is 11.8 Å². The standard InChI is InChI=1S/C20H22N2O2/c1-3-18(15-7-5-4-6-8-15)20(24)21-17-9-10-19-16(13-17)11-12-22(19)14(2)23/h4-10,13,18H,3,11-12H2,1-2H3,(H,21,24). The summed E-state index contributed by atoms with van der Waals surface area (Å²) in [5.74, 6) is -0.0982. The normalized spacial score (nSPS) is 14.2. The Morgan fingerprint density at radius 1 is 1.17 bits per heavy atom. The van der Waals surface area contributed by atoms with Crippen LogP contribution in [0.5, 0.6) is 0 Å². The van der Waals surface area contributed by atoms with E-state index in [9.17, 15) is 9.59 Å². The van der Waals surface area contributed by atoms with E-state index < -0.39 is 0 Å². The van der Waals surface area contributed by atoms with Crippen LogP contribution in [0.3, 0.4) is 0 Å². The van der Waals surface area contributed by atoms with Crippen molar-refractivity contribution in [3.63, 3.8) is 0 Å². The number of nitrogens with zero attached hydrogens (tertiary/aromatic N) is 1. The zero-order chi connectivity index (χ0) is 17.1. The molecule has 1 heterocycles. The van der Waals surface area contributed by atoms with Crippen LogP contribution in [0.15, 0.2) is 48.5 Å². The molecule has 0 radical (unpaired) electrons. The van der Waals surface area contributed by atoms with Gasteiger partial charge in [0, 0.05) is 24.8 Å². The molecule has 0 aromatic heterocycles. The van der Waals surface area contributed by atoms with Crippen molar-refractivity contribution in [3.05, 3.63) is 59.7 Å². The number of rotatable bonds is 4. The van der Waals surface area contributed by atoms with Gasteiger partial charge in [-0.3, -0.25) is 9.59 Å². The second-order valence-electron chi connectivity index (χ2n) is 6.12. The highest BCUT2D eigenvalue weighted by molar-refractivity contribution is 5.97. The van der Waals surface area contributed by atoms with Crippen LogP contribution in [0.2, 0.25) is 0 Å². The van der Waals surface area contributed by atoms with Gasteiger partial charge in [0.15, 0.2) is 0 Å². The lowest BCUT2D eigenvalue weighted by atomic mass is 9.95. The summed E-state index contributed by atoms with van der Waals surface area (Å²) in [4.78, 5) is 26.0. The van der Waals surface area contributed by atoms with Gasteiger partial charge in [0.05, 0.1) is 5.92 Å². The van der Waals surface area contributed by atoms with E-state index in [0.29, 0.717) is 6.54 Å². The predicted molar refractivity (Wildman–Crippen MR) is 96.3 cm³/mol. The van der Waals surface area contributed by atoms with E-state index in [1.165, 1.54) is 0 Å². The maximum atomic E-state index is 12.6. The van der Waals surface area contributed by atoms with Crippen LogP contribution >= 0.6 is 0 Å². The number of hydrogen-bond donors (Lipinski definition) is 1. The summed E-state index contributed by atoms with van der Waals surface area (Å²) < 4.78 is 0. The van der Waals surface area contributed by atoms with E-state index in [-0.39, 0.29) is 17.7 Å². The predicted octanol–water partition coefficient (Wildman–Crippen LogP) is 3.73. The summed E-state index contributed by atoms with van der Waals surface area (Å²) in [7, 11) is 0. The zero-order valence-corrected chi connectivity index (χ0v) is 14.1. The fourth-order valence-electron chi connectivity index (χ4n) is 3.29. The third-order valence-electron chi connectivity index (χ3n) is 4.55. The van der Waals surface area contributed by atoms with E-state index in [2.05, 4.69) is 5.32 Å². The number of hydrogen-bond acceptors (Lipinski definition) is 2. The minimum absolute atomic E-state index is 0.00470. The first-order valence-electron chi connectivity index (χ1n) is 8.37. The number of amides is 2. The molecular formula is C20H22N2O2. The summed E-state index contributed by atoms with van der Waals surface area (Å²) in [5, 5.41) is 3.02. The van der Waals surface area contributed by atoms with Crippen molar-refractivity contribution in [1.29, 1.82) is 0 Å². The molecule has 3 rings (SSSR count). The van der Waals surface area contributed by atoms with Crippen molar-refractivity contribution < 1.29 is 9.59 Å². The lowest BCUT2D eigenvalue weighted by Crippen LogP contribution is -2.25.